The number of halogens is 3. The first kappa shape index (κ1) is 24.6. The molecule has 1 aromatic rings. The number of rotatable bonds is 7. The van der Waals surface area contributed by atoms with E-state index in [-0.39, 0.29) is 29.0 Å². The third-order valence-electron chi connectivity index (χ3n) is 5.94. The number of carbonyl (C=O) groups is 2. The van der Waals surface area contributed by atoms with Gasteiger partial charge in [0.05, 0.1) is 10.5 Å². The number of nitrogens with zero attached hydrogens (tertiary/aromatic N) is 1. The van der Waals surface area contributed by atoms with Gasteiger partial charge in [-0.3, -0.25) is 9.59 Å². The summed E-state index contributed by atoms with van der Waals surface area (Å²) in [5.74, 6) is -0.259. The minimum atomic E-state index is -4.39. The molecule has 3 unspecified atom stereocenters. The summed E-state index contributed by atoms with van der Waals surface area (Å²) in [5.41, 5.74) is -0.158. The van der Waals surface area contributed by atoms with E-state index in [4.69, 9.17) is 4.74 Å². The lowest BCUT2D eigenvalue weighted by Gasteiger charge is -2.44. The van der Waals surface area contributed by atoms with Crippen LogP contribution >= 0.6 is 11.8 Å². The van der Waals surface area contributed by atoms with Gasteiger partial charge in [0.15, 0.2) is 0 Å². The Morgan fingerprint density at radius 3 is 2.66 bits per heavy atom. The molecule has 0 spiro atoms. The highest BCUT2D eigenvalue weighted by molar-refractivity contribution is 8.04. The maximum absolute atomic E-state index is 12.9. The Hall–Kier alpha value is -2.00. The summed E-state index contributed by atoms with van der Waals surface area (Å²) in [7, 11) is 1.74. The average molecular weight is 471 g/mol. The molecule has 176 valence electrons. The number of hydrogen-bond donors (Lipinski definition) is 1. The van der Waals surface area contributed by atoms with Gasteiger partial charge < -0.3 is 15.0 Å². The van der Waals surface area contributed by atoms with E-state index in [2.05, 4.69) is 5.32 Å². The highest BCUT2D eigenvalue weighted by atomic mass is 32.2. The van der Waals surface area contributed by atoms with Crippen molar-refractivity contribution in [3.05, 3.63) is 40.3 Å². The highest BCUT2D eigenvalue weighted by Gasteiger charge is 2.42. The van der Waals surface area contributed by atoms with E-state index in [0.717, 1.165) is 31.4 Å². The summed E-state index contributed by atoms with van der Waals surface area (Å²) in [6.45, 7) is 3.79. The Morgan fingerprint density at radius 2 is 2.00 bits per heavy atom. The summed E-state index contributed by atoms with van der Waals surface area (Å²) in [6.07, 6.45) is 0.199. The SMILES string of the molecule is CCOCCCNC(=O)C1CCC2S/C(=C\c3ccc(C(F)(F)F)cc3)C(=O)N(C)C2C1. The molecule has 3 atom stereocenters. The fourth-order valence-electron chi connectivity index (χ4n) is 4.13. The van der Waals surface area contributed by atoms with Crippen LogP contribution in [0.25, 0.3) is 6.08 Å². The van der Waals surface area contributed by atoms with Crippen molar-refractivity contribution in [2.45, 2.75) is 50.1 Å². The smallest absolute Gasteiger partial charge is 0.382 e. The lowest BCUT2D eigenvalue weighted by molar-refractivity contribution is -0.137. The van der Waals surface area contributed by atoms with Gasteiger partial charge in [0.25, 0.3) is 5.91 Å². The van der Waals surface area contributed by atoms with E-state index in [0.29, 0.717) is 36.6 Å². The van der Waals surface area contributed by atoms with Crippen molar-refractivity contribution in [1.29, 1.82) is 0 Å². The second-order valence-electron chi connectivity index (χ2n) is 8.12. The first-order chi connectivity index (χ1) is 15.2. The minimum Gasteiger partial charge on any atom is -0.382 e. The molecule has 0 radical (unpaired) electrons. The summed E-state index contributed by atoms with van der Waals surface area (Å²) in [4.78, 5) is 27.7. The topological polar surface area (TPSA) is 58.6 Å². The number of alkyl halides is 3. The van der Waals surface area contributed by atoms with Gasteiger partial charge in [-0.2, -0.15) is 13.2 Å². The molecule has 3 rings (SSSR count). The zero-order valence-corrected chi connectivity index (χ0v) is 19.1. The maximum Gasteiger partial charge on any atom is 0.416 e. The molecule has 1 aromatic carbocycles. The van der Waals surface area contributed by atoms with Crippen LogP contribution < -0.4 is 5.32 Å². The molecule has 1 N–H and O–H groups in total. The molecule has 0 bridgehead atoms. The van der Waals surface area contributed by atoms with Crippen molar-refractivity contribution >= 4 is 29.7 Å². The Morgan fingerprint density at radius 1 is 1.28 bits per heavy atom. The predicted molar refractivity (Wildman–Crippen MR) is 119 cm³/mol. The quantitative estimate of drug-likeness (QED) is 0.476. The number of carbonyl (C=O) groups excluding carboxylic acids is 2. The van der Waals surface area contributed by atoms with Crippen LogP contribution in [0, 0.1) is 5.92 Å². The molecule has 1 saturated heterocycles. The highest BCUT2D eigenvalue weighted by Crippen LogP contribution is 2.43. The summed E-state index contributed by atoms with van der Waals surface area (Å²) in [5, 5.41) is 3.14. The van der Waals surface area contributed by atoms with Crippen LogP contribution in [0.1, 0.15) is 43.7 Å². The van der Waals surface area contributed by atoms with Crippen molar-refractivity contribution in [3.63, 3.8) is 0 Å². The third kappa shape index (κ3) is 6.07. The summed E-state index contributed by atoms with van der Waals surface area (Å²) >= 11 is 1.47. The molecule has 2 fully saturated rings. The molecular formula is C23H29F3N2O3S. The van der Waals surface area contributed by atoms with Crippen LogP contribution in [0.15, 0.2) is 29.2 Å². The van der Waals surface area contributed by atoms with Crippen LogP contribution in [-0.4, -0.2) is 54.8 Å². The van der Waals surface area contributed by atoms with Crippen LogP contribution in [0.4, 0.5) is 13.2 Å². The van der Waals surface area contributed by atoms with E-state index in [9.17, 15) is 22.8 Å². The first-order valence-corrected chi connectivity index (χ1v) is 11.8. The van der Waals surface area contributed by atoms with Crippen molar-refractivity contribution in [2.24, 2.45) is 5.92 Å². The maximum atomic E-state index is 12.9. The predicted octanol–water partition coefficient (Wildman–Crippen LogP) is 4.33. The van der Waals surface area contributed by atoms with Gasteiger partial charge >= 0.3 is 6.18 Å². The second-order valence-corrected chi connectivity index (χ2v) is 9.40. The van der Waals surface area contributed by atoms with E-state index in [1.54, 1.807) is 18.0 Å². The number of likely N-dealkylation sites (N-methyl/N-ethyl adjacent to an activating group) is 1. The number of benzene rings is 1. The molecule has 1 heterocycles. The Labute approximate surface area is 190 Å². The molecule has 5 nitrogen and oxygen atoms in total. The number of amides is 2. The number of thioether (sulfide) groups is 1. The zero-order valence-electron chi connectivity index (χ0n) is 18.3. The molecule has 1 saturated carbocycles. The van der Waals surface area contributed by atoms with Gasteiger partial charge in [0.2, 0.25) is 5.91 Å². The molecule has 2 amide bonds. The molecule has 2 aliphatic rings. The first-order valence-electron chi connectivity index (χ1n) is 10.9. The van der Waals surface area contributed by atoms with E-state index in [1.807, 2.05) is 6.92 Å². The van der Waals surface area contributed by atoms with Crippen LogP contribution in [0.5, 0.6) is 0 Å². The molecule has 32 heavy (non-hydrogen) atoms. The molecular weight excluding hydrogens is 441 g/mol. The van der Waals surface area contributed by atoms with Gasteiger partial charge in [-0.25, -0.2) is 0 Å². The normalized spacial score (nSPS) is 25.0. The number of nitrogens with one attached hydrogen (secondary N) is 1. The number of hydrogen-bond acceptors (Lipinski definition) is 4. The van der Waals surface area contributed by atoms with Crippen LogP contribution in [0.3, 0.4) is 0 Å². The van der Waals surface area contributed by atoms with Crippen LogP contribution in [0.2, 0.25) is 0 Å². The second kappa shape index (κ2) is 10.7. The van der Waals surface area contributed by atoms with Gasteiger partial charge in [0, 0.05) is 44.0 Å². The monoisotopic (exact) mass is 470 g/mol. The lowest BCUT2D eigenvalue weighted by Crippen LogP contribution is -2.52. The van der Waals surface area contributed by atoms with Crippen molar-refractivity contribution in [1.82, 2.24) is 10.2 Å². The van der Waals surface area contributed by atoms with E-state index >= 15 is 0 Å². The number of ether oxygens (including phenoxy) is 1. The summed E-state index contributed by atoms with van der Waals surface area (Å²) < 4.78 is 43.6. The molecule has 1 aliphatic heterocycles. The third-order valence-corrected chi connectivity index (χ3v) is 7.34. The van der Waals surface area contributed by atoms with E-state index in [1.165, 1.54) is 23.9 Å². The standard InChI is InChI=1S/C23H29F3N2O3S/c1-3-31-12-4-11-27-21(29)16-7-10-19-18(14-16)28(2)22(30)20(32-19)13-15-5-8-17(9-6-15)23(24,25)26/h5-6,8-9,13,16,18-19H,3-4,7,10-12,14H2,1-2H3,(H,27,29)/b20-13-. The minimum absolute atomic E-state index is 0.0249. The Bertz CT molecular complexity index is 842. The average Bonchev–Trinajstić information content (AvgIpc) is 2.76. The molecule has 0 aromatic heterocycles. The lowest BCUT2D eigenvalue weighted by atomic mass is 9.83. The fourth-order valence-corrected chi connectivity index (χ4v) is 5.61. The summed E-state index contributed by atoms with van der Waals surface area (Å²) in [6, 6.07) is 4.76. The van der Waals surface area contributed by atoms with Crippen LogP contribution in [-0.2, 0) is 20.5 Å². The Kier molecular flexibility index (Phi) is 8.27. The van der Waals surface area contributed by atoms with Gasteiger partial charge in [-0.15, -0.1) is 11.8 Å². The largest absolute Gasteiger partial charge is 0.416 e. The zero-order chi connectivity index (χ0) is 23.3. The van der Waals surface area contributed by atoms with Gasteiger partial charge in [-0.1, -0.05) is 12.1 Å². The van der Waals surface area contributed by atoms with Gasteiger partial charge in [0.1, 0.15) is 0 Å². The molecule has 9 heteroatoms. The Balaban J connectivity index is 1.60. The van der Waals surface area contributed by atoms with Gasteiger partial charge in [-0.05, 0) is 56.4 Å². The van der Waals surface area contributed by atoms with Crippen molar-refractivity contribution in [3.8, 4) is 0 Å². The van der Waals surface area contributed by atoms with Crippen molar-refractivity contribution in [2.75, 3.05) is 26.8 Å². The number of fused-ring (bicyclic) bond motifs is 1. The fraction of sp³-hybridized carbons (Fsp3) is 0.565. The molecule has 1 aliphatic carbocycles. The van der Waals surface area contributed by atoms with E-state index < -0.39 is 11.7 Å². The van der Waals surface area contributed by atoms with Crippen molar-refractivity contribution < 1.29 is 27.5 Å².